The minimum Gasteiger partial charge on any atom is -0.288 e. The van der Waals surface area contributed by atoms with E-state index in [9.17, 15) is 4.79 Å². The van der Waals surface area contributed by atoms with E-state index < -0.39 is 0 Å². The van der Waals surface area contributed by atoms with Crippen LogP contribution in [0.25, 0.3) is 0 Å². The van der Waals surface area contributed by atoms with Crippen molar-refractivity contribution in [3.63, 3.8) is 0 Å². The van der Waals surface area contributed by atoms with Crippen LogP contribution in [0, 0.1) is 5.92 Å². The highest BCUT2D eigenvalue weighted by molar-refractivity contribution is 5.75. The van der Waals surface area contributed by atoms with Crippen LogP contribution < -0.4 is 5.43 Å². The van der Waals surface area contributed by atoms with E-state index >= 15 is 0 Å². The zero-order valence-corrected chi connectivity index (χ0v) is 19.5. The molecule has 3 nitrogen and oxygen atoms in total. The van der Waals surface area contributed by atoms with Crippen LogP contribution in [0.4, 0.5) is 0 Å². The molecule has 0 radical (unpaired) electrons. The predicted molar refractivity (Wildman–Crippen MR) is 120 cm³/mol. The second kappa shape index (κ2) is 17.5. The molecule has 0 aromatic carbocycles. The van der Waals surface area contributed by atoms with Crippen molar-refractivity contribution in [2.45, 2.75) is 144 Å². The molecule has 0 heterocycles. The van der Waals surface area contributed by atoms with Gasteiger partial charge in [0.15, 0.2) is 0 Å². The smallest absolute Gasteiger partial charge is 0.234 e. The first-order valence-corrected chi connectivity index (χ1v) is 11.9. The number of amides is 1. The Labute approximate surface area is 171 Å². The first-order chi connectivity index (χ1) is 12.8. The van der Waals surface area contributed by atoms with E-state index in [1.165, 1.54) is 77.0 Å². The number of nitrogens with one attached hydrogen (secondary N) is 1. The fraction of sp³-hybridized carbons (Fsp3) is 0.958. The number of hydrogen-bond acceptors (Lipinski definition) is 2. The minimum atomic E-state index is 0.172. The maximum Gasteiger partial charge on any atom is 0.234 e. The molecule has 0 bridgehead atoms. The highest BCUT2D eigenvalue weighted by Crippen LogP contribution is 2.14. The quantitative estimate of drug-likeness (QED) is 0.200. The summed E-state index contributed by atoms with van der Waals surface area (Å²) in [6.45, 7) is 13.1. The predicted octanol–water partition coefficient (Wildman–Crippen LogP) is 7.25. The Balaban J connectivity index is 3.36. The standard InChI is InChI=1S/C24H50N2O/c1-21(2)19-17-15-13-11-9-7-8-10-12-14-16-18-20-24(27)25-26(22(3)4)23(5)6/h21-23H,7-20H2,1-6H3,(H,25,27). The van der Waals surface area contributed by atoms with Gasteiger partial charge in [-0.15, -0.1) is 0 Å². The molecule has 0 saturated heterocycles. The molecular weight excluding hydrogens is 332 g/mol. The molecule has 0 aliphatic heterocycles. The van der Waals surface area contributed by atoms with E-state index in [-0.39, 0.29) is 5.91 Å². The molecule has 0 aliphatic rings. The summed E-state index contributed by atoms with van der Waals surface area (Å²) in [5.74, 6) is 1.04. The van der Waals surface area contributed by atoms with Gasteiger partial charge in [0.05, 0.1) is 0 Å². The van der Waals surface area contributed by atoms with Gasteiger partial charge in [-0.3, -0.25) is 10.2 Å². The number of rotatable bonds is 18. The van der Waals surface area contributed by atoms with Gasteiger partial charge in [-0.05, 0) is 40.0 Å². The normalized spacial score (nSPS) is 11.9. The Morgan fingerprint density at radius 1 is 0.630 bits per heavy atom. The van der Waals surface area contributed by atoms with Gasteiger partial charge < -0.3 is 0 Å². The zero-order valence-electron chi connectivity index (χ0n) is 19.5. The van der Waals surface area contributed by atoms with E-state index in [1.807, 2.05) is 5.01 Å². The van der Waals surface area contributed by atoms with Crippen LogP contribution in [-0.4, -0.2) is 23.0 Å². The average Bonchev–Trinajstić information content (AvgIpc) is 2.59. The van der Waals surface area contributed by atoms with Crippen molar-refractivity contribution < 1.29 is 4.79 Å². The summed E-state index contributed by atoms with van der Waals surface area (Å²) in [7, 11) is 0. The molecule has 0 aliphatic carbocycles. The Bertz CT molecular complexity index is 331. The van der Waals surface area contributed by atoms with E-state index in [0.717, 1.165) is 12.3 Å². The lowest BCUT2D eigenvalue weighted by Gasteiger charge is -2.30. The van der Waals surface area contributed by atoms with Gasteiger partial charge in [0.2, 0.25) is 5.91 Å². The summed E-state index contributed by atoms with van der Waals surface area (Å²) in [4.78, 5) is 12.0. The van der Waals surface area contributed by atoms with E-state index in [1.54, 1.807) is 0 Å². The molecule has 0 aromatic heterocycles. The Morgan fingerprint density at radius 2 is 1.00 bits per heavy atom. The highest BCUT2D eigenvalue weighted by atomic mass is 16.2. The molecule has 0 spiro atoms. The third-order valence-electron chi connectivity index (χ3n) is 5.30. The molecule has 0 aromatic rings. The van der Waals surface area contributed by atoms with Gasteiger partial charge in [0, 0.05) is 18.5 Å². The number of hydrogen-bond donors (Lipinski definition) is 1. The highest BCUT2D eigenvalue weighted by Gasteiger charge is 2.15. The molecule has 0 saturated carbocycles. The minimum absolute atomic E-state index is 0.172. The molecule has 0 atom stereocenters. The van der Waals surface area contributed by atoms with Crippen LogP contribution in [-0.2, 0) is 4.79 Å². The van der Waals surface area contributed by atoms with Crippen LogP contribution in [0.5, 0.6) is 0 Å². The monoisotopic (exact) mass is 382 g/mol. The number of nitrogens with zero attached hydrogens (tertiary/aromatic N) is 1. The maximum absolute atomic E-state index is 12.0. The van der Waals surface area contributed by atoms with Crippen LogP contribution in [0.2, 0.25) is 0 Å². The number of hydrazine groups is 1. The molecule has 1 N–H and O–H groups in total. The van der Waals surface area contributed by atoms with Crippen molar-refractivity contribution in [1.29, 1.82) is 0 Å². The Hall–Kier alpha value is -0.570. The second-order valence-corrected chi connectivity index (χ2v) is 9.30. The average molecular weight is 383 g/mol. The molecule has 0 rings (SSSR count). The summed E-state index contributed by atoms with van der Waals surface area (Å²) in [5.41, 5.74) is 3.06. The summed E-state index contributed by atoms with van der Waals surface area (Å²) < 4.78 is 0. The topological polar surface area (TPSA) is 32.3 Å². The lowest BCUT2D eigenvalue weighted by molar-refractivity contribution is -0.128. The molecule has 1 amide bonds. The lowest BCUT2D eigenvalue weighted by atomic mass is 10.0. The zero-order chi connectivity index (χ0) is 20.5. The SMILES string of the molecule is CC(C)CCCCCCCCCCCCCCC(=O)NN(C(C)C)C(C)C. The van der Waals surface area contributed by atoms with Gasteiger partial charge in [-0.2, -0.15) is 0 Å². The summed E-state index contributed by atoms with van der Waals surface area (Å²) in [5, 5.41) is 2.05. The first kappa shape index (κ1) is 26.4. The van der Waals surface area contributed by atoms with Crippen LogP contribution >= 0.6 is 0 Å². The molecule has 0 fully saturated rings. The van der Waals surface area contributed by atoms with Crippen molar-refractivity contribution in [3.8, 4) is 0 Å². The fourth-order valence-electron chi connectivity index (χ4n) is 3.66. The van der Waals surface area contributed by atoms with Gasteiger partial charge in [-0.1, -0.05) is 90.9 Å². The van der Waals surface area contributed by atoms with Gasteiger partial charge in [-0.25, -0.2) is 5.01 Å². The Kier molecular flexibility index (Phi) is 17.2. The van der Waals surface area contributed by atoms with E-state index in [0.29, 0.717) is 18.5 Å². The molecule has 27 heavy (non-hydrogen) atoms. The number of carbonyl (C=O) groups excluding carboxylic acids is 1. The first-order valence-electron chi connectivity index (χ1n) is 11.9. The lowest BCUT2D eigenvalue weighted by Crippen LogP contribution is -2.50. The van der Waals surface area contributed by atoms with Crippen molar-refractivity contribution in [3.05, 3.63) is 0 Å². The van der Waals surface area contributed by atoms with E-state index in [2.05, 4.69) is 47.0 Å². The van der Waals surface area contributed by atoms with Crippen LogP contribution in [0.1, 0.15) is 131 Å². The molecule has 3 heteroatoms. The summed E-state index contributed by atoms with van der Waals surface area (Å²) >= 11 is 0. The van der Waals surface area contributed by atoms with Gasteiger partial charge >= 0.3 is 0 Å². The molecule has 0 unspecified atom stereocenters. The summed E-state index contributed by atoms with van der Waals surface area (Å²) in [6, 6.07) is 0.683. The summed E-state index contributed by atoms with van der Waals surface area (Å²) in [6.07, 6.45) is 18.2. The largest absolute Gasteiger partial charge is 0.288 e. The third-order valence-corrected chi connectivity index (χ3v) is 5.30. The second-order valence-electron chi connectivity index (χ2n) is 9.30. The fourth-order valence-corrected chi connectivity index (χ4v) is 3.66. The van der Waals surface area contributed by atoms with Crippen molar-refractivity contribution >= 4 is 5.91 Å². The molecular formula is C24H50N2O. The Morgan fingerprint density at radius 3 is 1.37 bits per heavy atom. The van der Waals surface area contributed by atoms with Crippen molar-refractivity contribution in [2.24, 2.45) is 5.92 Å². The van der Waals surface area contributed by atoms with Crippen LogP contribution in [0.15, 0.2) is 0 Å². The van der Waals surface area contributed by atoms with Gasteiger partial charge in [0.25, 0.3) is 0 Å². The third kappa shape index (κ3) is 17.3. The maximum atomic E-state index is 12.0. The van der Waals surface area contributed by atoms with Gasteiger partial charge in [0.1, 0.15) is 0 Å². The van der Waals surface area contributed by atoms with Crippen molar-refractivity contribution in [1.82, 2.24) is 10.4 Å². The molecule has 162 valence electrons. The number of unbranched alkanes of at least 4 members (excludes halogenated alkanes) is 11. The van der Waals surface area contributed by atoms with Crippen molar-refractivity contribution in [2.75, 3.05) is 0 Å². The van der Waals surface area contributed by atoms with E-state index in [4.69, 9.17) is 0 Å². The van der Waals surface area contributed by atoms with Crippen LogP contribution in [0.3, 0.4) is 0 Å². The number of carbonyl (C=O) groups is 1.